The summed E-state index contributed by atoms with van der Waals surface area (Å²) < 4.78 is 0. The van der Waals surface area contributed by atoms with E-state index < -0.39 is 0 Å². The van der Waals surface area contributed by atoms with Crippen molar-refractivity contribution >= 4 is 17.9 Å². The molecule has 1 saturated carbocycles. The molecule has 26 heavy (non-hydrogen) atoms. The van der Waals surface area contributed by atoms with Gasteiger partial charge in [0, 0.05) is 19.8 Å². The van der Waals surface area contributed by atoms with E-state index in [0.717, 1.165) is 17.8 Å². The standard InChI is InChI=1S/C21H29N3O2/c1-17-8-6-12-20(14-17)22-23-21(26)19(11-7-13-25)16-24(2)15-18-9-4-3-5-10-18/h6-8,11-14,16,18,22H,3-5,9-10,15H2,1-2H3,(H,23,26)/b11-7-,19-16+. The van der Waals surface area contributed by atoms with Crippen molar-refractivity contribution in [3.05, 3.63) is 53.8 Å². The minimum Gasteiger partial charge on any atom is -0.380 e. The molecule has 0 spiro atoms. The van der Waals surface area contributed by atoms with E-state index in [-0.39, 0.29) is 5.91 Å². The Labute approximate surface area is 156 Å². The number of allylic oxidation sites excluding steroid dienone is 1. The maximum atomic E-state index is 12.5. The lowest BCUT2D eigenvalue weighted by Gasteiger charge is -2.26. The van der Waals surface area contributed by atoms with Gasteiger partial charge in [-0.25, -0.2) is 0 Å². The average molecular weight is 355 g/mol. The average Bonchev–Trinajstić information content (AvgIpc) is 2.64. The molecule has 0 aromatic heterocycles. The zero-order chi connectivity index (χ0) is 18.8. The fraction of sp³-hybridized carbons (Fsp3) is 0.429. The van der Waals surface area contributed by atoms with Crippen LogP contribution in [0.15, 0.2) is 48.2 Å². The van der Waals surface area contributed by atoms with E-state index in [1.807, 2.05) is 49.3 Å². The van der Waals surface area contributed by atoms with Crippen LogP contribution in [-0.2, 0) is 9.59 Å². The first-order valence-electron chi connectivity index (χ1n) is 9.25. The fourth-order valence-electron chi connectivity index (χ4n) is 3.31. The van der Waals surface area contributed by atoms with Gasteiger partial charge in [0.05, 0.1) is 11.3 Å². The van der Waals surface area contributed by atoms with Gasteiger partial charge in [0.15, 0.2) is 0 Å². The van der Waals surface area contributed by atoms with Crippen LogP contribution < -0.4 is 10.9 Å². The van der Waals surface area contributed by atoms with Gasteiger partial charge in [-0.05, 0) is 55.5 Å². The van der Waals surface area contributed by atoms with Gasteiger partial charge >= 0.3 is 0 Å². The maximum Gasteiger partial charge on any atom is 0.271 e. The number of nitrogens with zero attached hydrogens (tertiary/aromatic N) is 1. The van der Waals surface area contributed by atoms with E-state index in [2.05, 4.69) is 10.9 Å². The van der Waals surface area contributed by atoms with Crippen LogP contribution in [0.3, 0.4) is 0 Å². The van der Waals surface area contributed by atoms with Crippen molar-refractivity contribution in [1.29, 1.82) is 0 Å². The SMILES string of the molecule is Cc1cccc(NNC(=O)C(/C=C\C=O)=C/N(C)CC2CCCCC2)c1. The number of amides is 1. The van der Waals surface area contributed by atoms with Crippen molar-refractivity contribution in [2.24, 2.45) is 5.92 Å². The summed E-state index contributed by atoms with van der Waals surface area (Å²) in [6.45, 7) is 2.92. The Morgan fingerprint density at radius 2 is 2.04 bits per heavy atom. The lowest BCUT2D eigenvalue weighted by molar-refractivity contribution is -0.116. The Balaban J connectivity index is 1.98. The highest BCUT2D eigenvalue weighted by molar-refractivity contribution is 5.97. The number of aldehydes is 1. The first kappa shape index (κ1) is 19.8. The number of rotatable bonds is 8. The van der Waals surface area contributed by atoms with Crippen molar-refractivity contribution < 1.29 is 9.59 Å². The number of carbonyl (C=O) groups excluding carboxylic acids is 2. The molecule has 5 heteroatoms. The highest BCUT2D eigenvalue weighted by atomic mass is 16.2. The van der Waals surface area contributed by atoms with Crippen LogP contribution in [0.5, 0.6) is 0 Å². The lowest BCUT2D eigenvalue weighted by atomic mass is 9.89. The smallest absolute Gasteiger partial charge is 0.271 e. The Kier molecular flexibility index (Phi) is 7.93. The molecule has 0 heterocycles. The summed E-state index contributed by atoms with van der Waals surface area (Å²) in [6.07, 6.45) is 11.8. The monoisotopic (exact) mass is 355 g/mol. The summed E-state index contributed by atoms with van der Waals surface area (Å²) in [5, 5.41) is 0. The minimum atomic E-state index is -0.278. The van der Waals surface area contributed by atoms with Gasteiger partial charge in [0.1, 0.15) is 6.29 Å². The second-order valence-electron chi connectivity index (χ2n) is 6.97. The molecular formula is C21H29N3O2. The number of benzene rings is 1. The van der Waals surface area contributed by atoms with E-state index in [1.165, 1.54) is 44.3 Å². The number of nitrogens with one attached hydrogen (secondary N) is 2. The first-order chi connectivity index (χ1) is 12.6. The number of hydrogen-bond donors (Lipinski definition) is 2. The summed E-state index contributed by atoms with van der Waals surface area (Å²) in [6, 6.07) is 7.74. The van der Waals surface area contributed by atoms with Gasteiger partial charge < -0.3 is 4.90 Å². The molecule has 2 N–H and O–H groups in total. The quantitative estimate of drug-likeness (QED) is 0.324. The van der Waals surface area contributed by atoms with E-state index in [1.54, 1.807) is 0 Å². The van der Waals surface area contributed by atoms with Crippen LogP contribution in [0.25, 0.3) is 0 Å². The number of hydrogen-bond acceptors (Lipinski definition) is 4. The molecule has 0 aliphatic heterocycles. The van der Waals surface area contributed by atoms with Gasteiger partial charge in [-0.2, -0.15) is 0 Å². The zero-order valence-corrected chi connectivity index (χ0v) is 15.7. The predicted octanol–water partition coefficient (Wildman–Crippen LogP) is 3.59. The Morgan fingerprint density at radius 1 is 1.27 bits per heavy atom. The molecule has 0 saturated heterocycles. The van der Waals surface area contributed by atoms with Crippen LogP contribution in [0.4, 0.5) is 5.69 Å². The largest absolute Gasteiger partial charge is 0.380 e. The Bertz CT molecular complexity index is 661. The van der Waals surface area contributed by atoms with Crippen LogP contribution in [0.1, 0.15) is 37.7 Å². The number of anilines is 1. The lowest BCUT2D eigenvalue weighted by Crippen LogP contribution is -2.31. The summed E-state index contributed by atoms with van der Waals surface area (Å²) >= 11 is 0. The normalized spacial score (nSPS) is 15.7. The van der Waals surface area contributed by atoms with Crippen molar-refractivity contribution in [3.63, 3.8) is 0 Å². The molecule has 1 aliphatic carbocycles. The van der Waals surface area contributed by atoms with Crippen molar-refractivity contribution in [2.75, 3.05) is 19.0 Å². The van der Waals surface area contributed by atoms with Crippen LogP contribution >= 0.6 is 0 Å². The molecule has 1 amide bonds. The molecule has 0 radical (unpaired) electrons. The Hall–Kier alpha value is -2.56. The second kappa shape index (κ2) is 10.4. The van der Waals surface area contributed by atoms with E-state index >= 15 is 0 Å². The highest BCUT2D eigenvalue weighted by Gasteiger charge is 2.15. The molecule has 1 fully saturated rings. The first-order valence-corrected chi connectivity index (χ1v) is 9.25. The third kappa shape index (κ3) is 6.75. The molecule has 1 aromatic carbocycles. The maximum absolute atomic E-state index is 12.5. The summed E-state index contributed by atoms with van der Waals surface area (Å²) in [5.74, 6) is 0.398. The molecule has 1 aromatic rings. The van der Waals surface area contributed by atoms with Crippen LogP contribution in [0, 0.1) is 12.8 Å². The van der Waals surface area contributed by atoms with Gasteiger partial charge in [-0.15, -0.1) is 0 Å². The fourth-order valence-corrected chi connectivity index (χ4v) is 3.31. The summed E-state index contributed by atoms with van der Waals surface area (Å²) in [4.78, 5) is 25.2. The van der Waals surface area contributed by atoms with Crippen molar-refractivity contribution in [1.82, 2.24) is 10.3 Å². The van der Waals surface area contributed by atoms with Crippen LogP contribution in [0.2, 0.25) is 0 Å². The number of hydrazine groups is 1. The molecular weight excluding hydrogens is 326 g/mol. The molecule has 0 bridgehead atoms. The molecule has 2 rings (SSSR count). The number of aryl methyl sites for hydroxylation is 1. The molecule has 1 aliphatic rings. The number of carbonyl (C=O) groups is 2. The van der Waals surface area contributed by atoms with Gasteiger partial charge in [-0.1, -0.05) is 31.4 Å². The highest BCUT2D eigenvalue weighted by Crippen LogP contribution is 2.24. The Morgan fingerprint density at radius 3 is 2.73 bits per heavy atom. The third-order valence-corrected chi connectivity index (χ3v) is 4.59. The second-order valence-corrected chi connectivity index (χ2v) is 6.97. The van der Waals surface area contributed by atoms with E-state index in [9.17, 15) is 9.59 Å². The van der Waals surface area contributed by atoms with Crippen molar-refractivity contribution in [2.45, 2.75) is 39.0 Å². The van der Waals surface area contributed by atoms with Crippen LogP contribution in [-0.4, -0.2) is 30.7 Å². The predicted molar refractivity (Wildman–Crippen MR) is 105 cm³/mol. The zero-order valence-electron chi connectivity index (χ0n) is 15.7. The molecule has 0 unspecified atom stereocenters. The van der Waals surface area contributed by atoms with E-state index in [4.69, 9.17) is 0 Å². The summed E-state index contributed by atoms with van der Waals surface area (Å²) in [5.41, 5.74) is 7.97. The molecule has 0 atom stereocenters. The molecule has 5 nitrogen and oxygen atoms in total. The van der Waals surface area contributed by atoms with E-state index in [0.29, 0.717) is 17.8 Å². The molecule has 140 valence electrons. The third-order valence-electron chi connectivity index (χ3n) is 4.59. The van der Waals surface area contributed by atoms with Gasteiger partial charge in [0.25, 0.3) is 5.91 Å². The van der Waals surface area contributed by atoms with Gasteiger partial charge in [-0.3, -0.25) is 20.4 Å². The minimum absolute atomic E-state index is 0.278. The van der Waals surface area contributed by atoms with Crippen molar-refractivity contribution in [3.8, 4) is 0 Å². The summed E-state index contributed by atoms with van der Waals surface area (Å²) in [7, 11) is 1.98. The topological polar surface area (TPSA) is 61.4 Å². The van der Waals surface area contributed by atoms with Gasteiger partial charge in [0.2, 0.25) is 0 Å².